The molecule has 1 saturated heterocycles. The molecule has 2 aliphatic carbocycles. The molecular formula is C18H29NO2. The van der Waals surface area contributed by atoms with Crippen molar-refractivity contribution in [2.24, 2.45) is 11.8 Å². The number of carbonyl (C=O) groups is 2. The number of Topliss-reactive ketones (excluding diaryl/α,β-unsaturated/α-hetero) is 1. The van der Waals surface area contributed by atoms with Crippen LogP contribution in [0.1, 0.15) is 77.0 Å². The molecule has 0 aromatic heterocycles. The van der Waals surface area contributed by atoms with Gasteiger partial charge in [0.05, 0.1) is 0 Å². The van der Waals surface area contributed by atoms with Gasteiger partial charge in [0.15, 0.2) is 0 Å². The van der Waals surface area contributed by atoms with Gasteiger partial charge < -0.3 is 4.90 Å². The lowest BCUT2D eigenvalue weighted by Crippen LogP contribution is -2.48. The lowest BCUT2D eigenvalue weighted by Gasteiger charge is -2.38. The Labute approximate surface area is 128 Å². The molecule has 3 heteroatoms. The average Bonchev–Trinajstić information content (AvgIpc) is 2.69. The number of hydrogen-bond donors (Lipinski definition) is 0. The van der Waals surface area contributed by atoms with E-state index in [1.54, 1.807) is 0 Å². The van der Waals surface area contributed by atoms with Crippen LogP contribution in [0.5, 0.6) is 0 Å². The van der Waals surface area contributed by atoms with E-state index < -0.39 is 0 Å². The number of carbonyl (C=O) groups excluding carboxylic acids is 2. The van der Waals surface area contributed by atoms with Crippen molar-refractivity contribution >= 4 is 11.7 Å². The van der Waals surface area contributed by atoms with E-state index in [4.69, 9.17) is 0 Å². The highest BCUT2D eigenvalue weighted by atomic mass is 16.2. The Morgan fingerprint density at radius 2 is 1.76 bits per heavy atom. The first-order valence-corrected chi connectivity index (χ1v) is 9.08. The molecule has 1 amide bonds. The van der Waals surface area contributed by atoms with Crippen molar-refractivity contribution in [1.82, 2.24) is 4.90 Å². The number of amides is 1. The zero-order valence-electron chi connectivity index (χ0n) is 13.2. The number of ketones is 1. The van der Waals surface area contributed by atoms with Gasteiger partial charge in [-0.1, -0.05) is 25.7 Å². The van der Waals surface area contributed by atoms with Gasteiger partial charge in [-0.3, -0.25) is 9.59 Å². The van der Waals surface area contributed by atoms with Crippen LogP contribution in [0.4, 0.5) is 0 Å². The van der Waals surface area contributed by atoms with Crippen LogP contribution in [0.15, 0.2) is 0 Å². The fourth-order valence-corrected chi connectivity index (χ4v) is 4.34. The highest BCUT2D eigenvalue weighted by Crippen LogP contribution is 2.34. The van der Waals surface area contributed by atoms with Gasteiger partial charge in [0, 0.05) is 31.3 Å². The molecule has 0 radical (unpaired) electrons. The van der Waals surface area contributed by atoms with E-state index in [0.717, 1.165) is 51.5 Å². The maximum atomic E-state index is 12.7. The SMILES string of the molecule is O=C1CCCC[C@@H]1[C@H]1CCCCCN1C(=O)CC1CCC1. The fraction of sp³-hybridized carbons (Fsp3) is 0.889. The molecule has 3 nitrogen and oxygen atoms in total. The predicted octanol–water partition coefficient (Wildman–Crippen LogP) is 3.71. The molecule has 1 heterocycles. The van der Waals surface area contributed by atoms with Crippen LogP contribution in [0.25, 0.3) is 0 Å². The minimum absolute atomic E-state index is 0.141. The number of rotatable bonds is 3. The molecule has 21 heavy (non-hydrogen) atoms. The molecule has 0 unspecified atom stereocenters. The van der Waals surface area contributed by atoms with Crippen molar-refractivity contribution in [3.63, 3.8) is 0 Å². The zero-order valence-corrected chi connectivity index (χ0v) is 13.2. The third-order valence-electron chi connectivity index (χ3n) is 5.87. The molecule has 3 rings (SSSR count). The average molecular weight is 291 g/mol. The van der Waals surface area contributed by atoms with Gasteiger partial charge in [0.1, 0.15) is 5.78 Å². The Morgan fingerprint density at radius 3 is 2.48 bits per heavy atom. The Bertz CT molecular complexity index is 389. The number of nitrogens with zero attached hydrogens (tertiary/aromatic N) is 1. The van der Waals surface area contributed by atoms with Crippen molar-refractivity contribution in [2.45, 2.75) is 83.1 Å². The lowest BCUT2D eigenvalue weighted by atomic mass is 9.79. The summed E-state index contributed by atoms with van der Waals surface area (Å²) >= 11 is 0. The molecule has 1 aliphatic heterocycles. The molecular weight excluding hydrogens is 262 g/mol. The van der Waals surface area contributed by atoms with Gasteiger partial charge in [-0.15, -0.1) is 0 Å². The molecule has 3 fully saturated rings. The minimum Gasteiger partial charge on any atom is -0.339 e. The molecule has 0 aromatic rings. The molecule has 3 aliphatic rings. The topological polar surface area (TPSA) is 37.4 Å². The molecule has 0 aromatic carbocycles. The van der Waals surface area contributed by atoms with E-state index in [1.165, 1.54) is 32.1 Å². The highest BCUT2D eigenvalue weighted by Gasteiger charge is 2.37. The second kappa shape index (κ2) is 6.93. The lowest BCUT2D eigenvalue weighted by molar-refractivity contribution is -0.139. The summed E-state index contributed by atoms with van der Waals surface area (Å²) in [6.45, 7) is 0.889. The number of likely N-dealkylation sites (tertiary alicyclic amines) is 1. The van der Waals surface area contributed by atoms with E-state index >= 15 is 0 Å². The van der Waals surface area contributed by atoms with E-state index in [1.807, 2.05) is 0 Å². The first-order chi connectivity index (χ1) is 10.3. The van der Waals surface area contributed by atoms with Crippen LogP contribution in [-0.4, -0.2) is 29.2 Å². The van der Waals surface area contributed by atoms with Crippen molar-refractivity contribution in [3.05, 3.63) is 0 Å². The summed E-state index contributed by atoms with van der Waals surface area (Å²) in [4.78, 5) is 27.2. The molecule has 0 bridgehead atoms. The van der Waals surface area contributed by atoms with Gasteiger partial charge in [-0.25, -0.2) is 0 Å². The van der Waals surface area contributed by atoms with Gasteiger partial charge >= 0.3 is 0 Å². The summed E-state index contributed by atoms with van der Waals surface area (Å²) in [6.07, 6.45) is 13.0. The zero-order chi connectivity index (χ0) is 14.7. The molecule has 0 N–H and O–H groups in total. The quantitative estimate of drug-likeness (QED) is 0.795. The largest absolute Gasteiger partial charge is 0.339 e. The van der Waals surface area contributed by atoms with Crippen molar-refractivity contribution < 1.29 is 9.59 Å². The van der Waals surface area contributed by atoms with Crippen molar-refractivity contribution in [1.29, 1.82) is 0 Å². The first kappa shape index (κ1) is 15.1. The highest BCUT2D eigenvalue weighted by molar-refractivity contribution is 5.84. The van der Waals surface area contributed by atoms with Crippen molar-refractivity contribution in [2.75, 3.05) is 6.54 Å². The van der Waals surface area contributed by atoms with E-state index in [-0.39, 0.29) is 12.0 Å². The standard InChI is InChI=1S/C18H29NO2/c20-17-11-4-3-9-15(17)16-10-2-1-5-12-19(16)18(21)13-14-7-6-8-14/h14-16H,1-13H2/t15-,16-/m1/s1. The van der Waals surface area contributed by atoms with Gasteiger partial charge in [-0.05, 0) is 44.4 Å². The van der Waals surface area contributed by atoms with Crippen LogP contribution >= 0.6 is 0 Å². The Kier molecular flexibility index (Phi) is 4.97. The fourth-order valence-electron chi connectivity index (χ4n) is 4.34. The number of hydrogen-bond acceptors (Lipinski definition) is 2. The smallest absolute Gasteiger partial charge is 0.223 e. The maximum absolute atomic E-state index is 12.7. The summed E-state index contributed by atoms with van der Waals surface area (Å²) in [5, 5.41) is 0. The minimum atomic E-state index is 0.141. The predicted molar refractivity (Wildman–Crippen MR) is 82.9 cm³/mol. The molecule has 2 atom stereocenters. The second-order valence-corrected chi connectivity index (χ2v) is 7.32. The first-order valence-electron chi connectivity index (χ1n) is 9.08. The van der Waals surface area contributed by atoms with E-state index in [9.17, 15) is 9.59 Å². The Morgan fingerprint density at radius 1 is 0.952 bits per heavy atom. The van der Waals surface area contributed by atoms with Gasteiger partial charge in [-0.2, -0.15) is 0 Å². The van der Waals surface area contributed by atoms with Crippen LogP contribution in [0, 0.1) is 11.8 Å². The third kappa shape index (κ3) is 3.49. The van der Waals surface area contributed by atoms with Crippen LogP contribution in [0.2, 0.25) is 0 Å². The van der Waals surface area contributed by atoms with Crippen LogP contribution < -0.4 is 0 Å². The van der Waals surface area contributed by atoms with Gasteiger partial charge in [0.25, 0.3) is 0 Å². The summed E-state index contributed by atoms with van der Waals surface area (Å²) in [5.74, 6) is 1.53. The van der Waals surface area contributed by atoms with Crippen LogP contribution in [-0.2, 0) is 9.59 Å². The maximum Gasteiger partial charge on any atom is 0.223 e. The normalized spacial score (nSPS) is 31.6. The van der Waals surface area contributed by atoms with Gasteiger partial charge in [0.2, 0.25) is 5.91 Å². The monoisotopic (exact) mass is 291 g/mol. The Hall–Kier alpha value is -0.860. The molecule has 2 saturated carbocycles. The van der Waals surface area contributed by atoms with Crippen molar-refractivity contribution in [3.8, 4) is 0 Å². The summed E-state index contributed by atoms with van der Waals surface area (Å²) in [7, 11) is 0. The molecule has 118 valence electrons. The summed E-state index contributed by atoms with van der Waals surface area (Å²) in [5.41, 5.74) is 0. The van der Waals surface area contributed by atoms with E-state index in [2.05, 4.69) is 4.90 Å². The Balaban J connectivity index is 1.69. The summed E-state index contributed by atoms with van der Waals surface area (Å²) < 4.78 is 0. The van der Waals surface area contributed by atoms with Crippen LogP contribution in [0.3, 0.4) is 0 Å². The molecule has 0 spiro atoms. The third-order valence-corrected chi connectivity index (χ3v) is 5.87. The summed E-state index contributed by atoms with van der Waals surface area (Å²) in [6, 6.07) is 0.216. The second-order valence-electron chi connectivity index (χ2n) is 7.32. The van der Waals surface area contributed by atoms with E-state index in [0.29, 0.717) is 17.6 Å².